The third kappa shape index (κ3) is 3.62. The van der Waals surface area contributed by atoms with E-state index in [-0.39, 0.29) is 11.3 Å². The van der Waals surface area contributed by atoms with Crippen LogP contribution in [-0.2, 0) is 9.53 Å². The van der Waals surface area contributed by atoms with Crippen LogP contribution in [0, 0.1) is 0 Å². The predicted octanol–water partition coefficient (Wildman–Crippen LogP) is 0.732. The molecule has 0 aromatic carbocycles. The summed E-state index contributed by atoms with van der Waals surface area (Å²) < 4.78 is 5.38. The molecule has 0 aromatic rings. The molecule has 2 N–H and O–H groups in total. The number of hydrogen-bond acceptors (Lipinski definition) is 3. The van der Waals surface area contributed by atoms with Gasteiger partial charge in [-0.25, -0.2) is 0 Å². The van der Waals surface area contributed by atoms with E-state index >= 15 is 0 Å². The van der Waals surface area contributed by atoms with Gasteiger partial charge >= 0.3 is 0 Å². The van der Waals surface area contributed by atoms with Gasteiger partial charge in [0.05, 0.1) is 5.75 Å². The Bertz CT molecular complexity index is 134. The summed E-state index contributed by atoms with van der Waals surface area (Å²) >= 11 is 1.51. The summed E-state index contributed by atoms with van der Waals surface area (Å²) in [6, 6.07) is 0. The lowest BCUT2D eigenvalue weighted by atomic mass is 10.2. The van der Waals surface area contributed by atoms with Crippen LogP contribution in [0.25, 0.3) is 0 Å². The molecule has 1 aliphatic heterocycles. The molecule has 0 spiro atoms. The molecular formula is C7H13NO2S. The molecule has 11 heavy (non-hydrogen) atoms. The summed E-state index contributed by atoms with van der Waals surface area (Å²) in [6.45, 7) is 0.830. The highest BCUT2D eigenvalue weighted by atomic mass is 32.2. The molecular weight excluding hydrogens is 162 g/mol. The van der Waals surface area contributed by atoms with Crippen molar-refractivity contribution in [1.29, 1.82) is 0 Å². The first-order valence-electron chi connectivity index (χ1n) is 3.80. The summed E-state index contributed by atoms with van der Waals surface area (Å²) in [5.41, 5.74) is 5.20. The molecule has 3 nitrogen and oxygen atoms in total. The minimum atomic E-state index is -0.260. The summed E-state index contributed by atoms with van der Waals surface area (Å²) in [4.78, 5) is 10.4. The van der Waals surface area contributed by atoms with Gasteiger partial charge in [-0.05, 0) is 19.3 Å². The van der Waals surface area contributed by atoms with Crippen molar-refractivity contribution in [1.82, 2.24) is 0 Å². The maximum Gasteiger partial charge on any atom is 0.227 e. The SMILES string of the molecule is NC(=O)CSC1CCCCO1. The van der Waals surface area contributed by atoms with E-state index in [0.717, 1.165) is 19.4 Å². The van der Waals surface area contributed by atoms with Crippen molar-refractivity contribution in [3.05, 3.63) is 0 Å². The Morgan fingerprint density at radius 3 is 3.00 bits per heavy atom. The van der Waals surface area contributed by atoms with Crippen LogP contribution in [0.4, 0.5) is 0 Å². The van der Waals surface area contributed by atoms with Crippen LogP contribution < -0.4 is 5.73 Å². The Kier molecular flexibility index (Phi) is 3.72. The van der Waals surface area contributed by atoms with Crippen molar-refractivity contribution in [2.24, 2.45) is 5.73 Å². The maximum atomic E-state index is 10.4. The van der Waals surface area contributed by atoms with E-state index in [2.05, 4.69) is 0 Å². The molecule has 1 atom stereocenters. The van der Waals surface area contributed by atoms with Gasteiger partial charge < -0.3 is 10.5 Å². The monoisotopic (exact) mass is 175 g/mol. The van der Waals surface area contributed by atoms with E-state index in [0.29, 0.717) is 5.75 Å². The van der Waals surface area contributed by atoms with E-state index < -0.39 is 0 Å². The van der Waals surface area contributed by atoms with Gasteiger partial charge in [0.2, 0.25) is 5.91 Å². The van der Waals surface area contributed by atoms with Crippen LogP contribution >= 0.6 is 11.8 Å². The minimum Gasteiger partial charge on any atom is -0.369 e. The second-order valence-electron chi connectivity index (χ2n) is 2.57. The molecule has 1 amide bonds. The van der Waals surface area contributed by atoms with E-state index in [1.807, 2.05) is 0 Å². The van der Waals surface area contributed by atoms with Crippen LogP contribution in [0.15, 0.2) is 0 Å². The normalized spacial score (nSPS) is 24.9. The van der Waals surface area contributed by atoms with E-state index in [9.17, 15) is 4.79 Å². The zero-order valence-corrected chi connectivity index (χ0v) is 7.23. The van der Waals surface area contributed by atoms with Crippen molar-refractivity contribution in [3.8, 4) is 0 Å². The average molecular weight is 175 g/mol. The van der Waals surface area contributed by atoms with Crippen LogP contribution in [-0.4, -0.2) is 23.7 Å². The standard InChI is InChI=1S/C7H13NO2S/c8-6(9)5-11-7-3-1-2-4-10-7/h7H,1-5H2,(H2,8,9). The minimum absolute atomic E-state index is 0.205. The molecule has 1 fully saturated rings. The quantitative estimate of drug-likeness (QED) is 0.688. The number of carbonyl (C=O) groups is 1. The Labute approximate surface area is 70.7 Å². The number of carbonyl (C=O) groups excluding carboxylic acids is 1. The molecule has 0 radical (unpaired) electrons. The Morgan fingerprint density at radius 1 is 1.64 bits per heavy atom. The highest BCUT2D eigenvalue weighted by Gasteiger charge is 2.14. The van der Waals surface area contributed by atoms with Crippen molar-refractivity contribution in [2.75, 3.05) is 12.4 Å². The van der Waals surface area contributed by atoms with E-state index in [4.69, 9.17) is 10.5 Å². The molecule has 64 valence electrons. The molecule has 1 heterocycles. The first-order chi connectivity index (χ1) is 5.29. The Balaban J connectivity index is 2.09. The van der Waals surface area contributed by atoms with Crippen molar-refractivity contribution in [3.63, 3.8) is 0 Å². The second-order valence-corrected chi connectivity index (χ2v) is 3.72. The van der Waals surface area contributed by atoms with Gasteiger partial charge in [-0.15, -0.1) is 11.8 Å². The zero-order chi connectivity index (χ0) is 8.10. The van der Waals surface area contributed by atoms with E-state index in [1.165, 1.54) is 18.2 Å². The molecule has 1 aliphatic rings. The van der Waals surface area contributed by atoms with Gasteiger partial charge in [0.15, 0.2) is 0 Å². The van der Waals surface area contributed by atoms with Gasteiger partial charge in [0.1, 0.15) is 5.44 Å². The van der Waals surface area contributed by atoms with Crippen LogP contribution in [0.2, 0.25) is 0 Å². The molecule has 1 unspecified atom stereocenters. The zero-order valence-electron chi connectivity index (χ0n) is 6.41. The summed E-state index contributed by atoms with van der Waals surface area (Å²) in [5.74, 6) is 0.120. The molecule has 1 saturated heterocycles. The van der Waals surface area contributed by atoms with Crippen molar-refractivity contribution < 1.29 is 9.53 Å². The highest BCUT2D eigenvalue weighted by Crippen LogP contribution is 2.22. The third-order valence-electron chi connectivity index (χ3n) is 1.55. The summed E-state index contributed by atoms with van der Waals surface area (Å²) in [6.07, 6.45) is 3.40. The van der Waals surface area contributed by atoms with Gasteiger partial charge in [-0.1, -0.05) is 0 Å². The lowest BCUT2D eigenvalue weighted by Crippen LogP contribution is -2.20. The number of rotatable bonds is 3. The lowest BCUT2D eigenvalue weighted by Gasteiger charge is -2.21. The second kappa shape index (κ2) is 4.62. The fraction of sp³-hybridized carbons (Fsp3) is 0.857. The smallest absolute Gasteiger partial charge is 0.227 e. The maximum absolute atomic E-state index is 10.4. The summed E-state index contributed by atoms with van der Waals surface area (Å²) in [5, 5.41) is 0. The van der Waals surface area contributed by atoms with E-state index in [1.54, 1.807) is 0 Å². The molecule has 4 heteroatoms. The average Bonchev–Trinajstić information content (AvgIpc) is 2.03. The van der Waals surface area contributed by atoms with Gasteiger partial charge in [-0.2, -0.15) is 0 Å². The molecule has 1 rings (SSSR count). The predicted molar refractivity (Wildman–Crippen MR) is 45.2 cm³/mol. The molecule has 0 aliphatic carbocycles. The largest absolute Gasteiger partial charge is 0.369 e. The number of nitrogens with two attached hydrogens (primary N) is 1. The number of hydrogen-bond donors (Lipinski definition) is 1. The molecule has 0 aromatic heterocycles. The molecule has 0 bridgehead atoms. The highest BCUT2D eigenvalue weighted by molar-refractivity contribution is 8.00. The Hall–Kier alpha value is -0.220. The summed E-state index contributed by atoms with van der Waals surface area (Å²) in [7, 11) is 0. The van der Waals surface area contributed by atoms with Crippen LogP contribution in [0.3, 0.4) is 0 Å². The first kappa shape index (κ1) is 8.87. The van der Waals surface area contributed by atoms with Crippen molar-refractivity contribution in [2.45, 2.75) is 24.7 Å². The fourth-order valence-electron chi connectivity index (χ4n) is 1.02. The number of ether oxygens (including phenoxy) is 1. The first-order valence-corrected chi connectivity index (χ1v) is 4.85. The third-order valence-corrected chi connectivity index (χ3v) is 2.74. The number of amides is 1. The molecule has 0 saturated carbocycles. The van der Waals surface area contributed by atoms with Gasteiger partial charge in [0, 0.05) is 6.61 Å². The number of primary amides is 1. The Morgan fingerprint density at radius 2 is 2.45 bits per heavy atom. The van der Waals surface area contributed by atoms with Crippen LogP contribution in [0.1, 0.15) is 19.3 Å². The van der Waals surface area contributed by atoms with Crippen LogP contribution in [0.5, 0.6) is 0 Å². The lowest BCUT2D eigenvalue weighted by molar-refractivity contribution is -0.115. The van der Waals surface area contributed by atoms with Gasteiger partial charge in [0.25, 0.3) is 0 Å². The van der Waals surface area contributed by atoms with Gasteiger partial charge in [-0.3, -0.25) is 4.79 Å². The fourth-order valence-corrected chi connectivity index (χ4v) is 1.89. The van der Waals surface area contributed by atoms with Crippen molar-refractivity contribution >= 4 is 17.7 Å². The topological polar surface area (TPSA) is 52.3 Å². The number of thioether (sulfide) groups is 1.